The van der Waals surface area contributed by atoms with Gasteiger partial charge in [0.05, 0.1) is 30.5 Å². The summed E-state index contributed by atoms with van der Waals surface area (Å²) in [6.07, 6.45) is 6.61. The summed E-state index contributed by atoms with van der Waals surface area (Å²) in [6.45, 7) is 11.9. The number of carbonyl (C=O) groups excluding carboxylic acids is 1. The van der Waals surface area contributed by atoms with Crippen LogP contribution in [0.5, 0.6) is 0 Å². The molecule has 2 saturated heterocycles. The molecule has 0 aliphatic carbocycles. The number of aliphatic hydroxyl groups excluding tert-OH is 2. The number of nitrogens with zero attached hydrogens (tertiary/aromatic N) is 5. The van der Waals surface area contributed by atoms with Crippen LogP contribution in [0.3, 0.4) is 0 Å². The van der Waals surface area contributed by atoms with Gasteiger partial charge in [-0.15, -0.1) is 0 Å². The minimum absolute atomic E-state index is 0.0211. The number of amides is 1. The zero-order chi connectivity index (χ0) is 29.1. The Bertz CT molecular complexity index is 1190. The third-order valence-electron chi connectivity index (χ3n) is 7.84. The summed E-state index contributed by atoms with van der Waals surface area (Å²) in [4.78, 5) is 31.2. The Morgan fingerprint density at radius 1 is 1.25 bits per heavy atom. The first-order valence-electron chi connectivity index (χ1n) is 13.8. The van der Waals surface area contributed by atoms with Crippen molar-refractivity contribution in [2.75, 3.05) is 36.0 Å². The van der Waals surface area contributed by atoms with Crippen molar-refractivity contribution in [1.29, 1.82) is 0 Å². The van der Waals surface area contributed by atoms with Gasteiger partial charge in [-0.05, 0) is 64.9 Å². The summed E-state index contributed by atoms with van der Waals surface area (Å²) in [5.41, 5.74) is -0.130. The summed E-state index contributed by atoms with van der Waals surface area (Å²) in [5, 5.41) is 24.0. The maximum absolute atomic E-state index is 12.3. The van der Waals surface area contributed by atoms with E-state index in [0.717, 1.165) is 50.2 Å². The molecule has 12 heteroatoms. The monoisotopic (exact) mass is 592 g/mol. The van der Waals surface area contributed by atoms with Crippen molar-refractivity contribution in [1.82, 2.24) is 20.3 Å². The normalized spacial score (nSPS) is 19.9. The highest BCUT2D eigenvalue weighted by atomic mass is 35.5. The molecule has 40 heavy (non-hydrogen) atoms. The number of anilines is 2. The van der Waals surface area contributed by atoms with E-state index in [1.54, 1.807) is 12.4 Å². The third kappa shape index (κ3) is 7.10. The highest BCUT2D eigenvalue weighted by Crippen LogP contribution is 2.40. The number of rotatable bonds is 8. The molecule has 0 bridgehead atoms. The van der Waals surface area contributed by atoms with Gasteiger partial charge in [-0.2, -0.15) is 0 Å². The van der Waals surface area contributed by atoms with Gasteiger partial charge in [-0.3, -0.25) is 0 Å². The Morgan fingerprint density at radius 2 is 1.98 bits per heavy atom. The lowest BCUT2D eigenvalue weighted by molar-refractivity contribution is 0.0442. The van der Waals surface area contributed by atoms with Gasteiger partial charge >= 0.3 is 6.09 Å². The van der Waals surface area contributed by atoms with Gasteiger partial charge in [0.2, 0.25) is 0 Å². The number of hydrogen-bond acceptors (Lipinski definition) is 10. The van der Waals surface area contributed by atoms with Crippen molar-refractivity contribution in [2.45, 2.75) is 94.5 Å². The molecular weight excluding hydrogens is 552 g/mol. The smallest absolute Gasteiger partial charge is 0.407 e. The van der Waals surface area contributed by atoms with Crippen molar-refractivity contribution < 1.29 is 19.7 Å². The molecule has 2 aromatic rings. The molecule has 2 fully saturated rings. The molecule has 0 spiro atoms. The van der Waals surface area contributed by atoms with Gasteiger partial charge in [0.25, 0.3) is 0 Å². The summed E-state index contributed by atoms with van der Waals surface area (Å²) >= 11 is 8.13. The second kappa shape index (κ2) is 12.7. The van der Waals surface area contributed by atoms with E-state index in [1.807, 2.05) is 33.8 Å². The van der Waals surface area contributed by atoms with Gasteiger partial charge in [0, 0.05) is 36.8 Å². The van der Waals surface area contributed by atoms with E-state index < -0.39 is 11.7 Å². The molecule has 2 atom stereocenters. The molecular formula is C28H41ClN6O4S. The number of pyridine rings is 1. The third-order valence-corrected chi connectivity index (χ3v) is 9.29. The van der Waals surface area contributed by atoms with E-state index in [0.29, 0.717) is 27.4 Å². The predicted molar refractivity (Wildman–Crippen MR) is 157 cm³/mol. The molecule has 0 saturated carbocycles. The number of ether oxygens (including phenoxy) is 1. The average molecular weight is 593 g/mol. The van der Waals surface area contributed by atoms with E-state index >= 15 is 0 Å². The van der Waals surface area contributed by atoms with Crippen LogP contribution >= 0.6 is 23.4 Å². The Kier molecular flexibility index (Phi) is 9.70. The van der Waals surface area contributed by atoms with Crippen LogP contribution in [0.1, 0.15) is 66.0 Å². The van der Waals surface area contributed by atoms with Gasteiger partial charge < -0.3 is 30.1 Å². The Labute approximate surface area is 245 Å². The van der Waals surface area contributed by atoms with E-state index in [1.165, 1.54) is 11.8 Å². The predicted octanol–water partition coefficient (Wildman–Crippen LogP) is 4.65. The topological polar surface area (TPSA) is 124 Å². The Morgan fingerprint density at radius 3 is 2.62 bits per heavy atom. The lowest BCUT2D eigenvalue weighted by Gasteiger charge is -2.44. The quantitative estimate of drug-likeness (QED) is 0.399. The first-order valence-corrected chi connectivity index (χ1v) is 15.0. The number of hydrogen-bond donors (Lipinski definition) is 3. The van der Waals surface area contributed by atoms with Crippen LogP contribution in [0.15, 0.2) is 28.4 Å². The lowest BCUT2D eigenvalue weighted by Crippen LogP contribution is -2.51. The van der Waals surface area contributed by atoms with Crippen LogP contribution in [0, 0.1) is 5.41 Å². The van der Waals surface area contributed by atoms with Gasteiger partial charge in [0.1, 0.15) is 22.1 Å². The second-order valence-corrected chi connectivity index (χ2v) is 13.3. The number of carbonyl (C=O) groups is 1. The van der Waals surface area contributed by atoms with E-state index in [9.17, 15) is 15.0 Å². The Hall–Kier alpha value is -2.34. The molecule has 1 amide bonds. The van der Waals surface area contributed by atoms with E-state index in [4.69, 9.17) is 26.3 Å². The van der Waals surface area contributed by atoms with Crippen molar-refractivity contribution in [2.24, 2.45) is 5.41 Å². The highest BCUT2D eigenvalue weighted by Gasteiger charge is 2.37. The van der Waals surface area contributed by atoms with Gasteiger partial charge in [0.15, 0.2) is 5.82 Å². The van der Waals surface area contributed by atoms with Gasteiger partial charge in [-0.1, -0.05) is 30.3 Å². The van der Waals surface area contributed by atoms with E-state index in [-0.39, 0.29) is 30.7 Å². The molecule has 10 nitrogen and oxygen atoms in total. The van der Waals surface area contributed by atoms with Crippen molar-refractivity contribution in [3.05, 3.63) is 29.2 Å². The number of piperidine rings is 1. The zero-order valence-corrected chi connectivity index (χ0v) is 25.6. The number of aliphatic hydroxyl groups is 2. The van der Waals surface area contributed by atoms with Crippen LogP contribution in [0.4, 0.5) is 16.4 Å². The first-order chi connectivity index (χ1) is 18.9. The van der Waals surface area contributed by atoms with Crippen LogP contribution < -0.4 is 15.1 Å². The van der Waals surface area contributed by atoms with E-state index in [2.05, 4.69) is 27.0 Å². The van der Waals surface area contributed by atoms with Crippen LogP contribution in [0.25, 0.3) is 0 Å². The van der Waals surface area contributed by atoms with Crippen molar-refractivity contribution >= 4 is 41.1 Å². The Balaban J connectivity index is 1.42. The number of halogens is 1. The fourth-order valence-electron chi connectivity index (χ4n) is 5.25. The SMILES string of the molecule is CC(NC(=O)OC(C)(C)C)C1(C)CCN(c2ncc(Sc3ccnc(N4CCCC4CO)c3Cl)nc2CO)CC1. The first kappa shape index (κ1) is 30.6. The molecule has 2 unspecified atom stereocenters. The van der Waals surface area contributed by atoms with Gasteiger partial charge in [-0.25, -0.2) is 19.7 Å². The summed E-state index contributed by atoms with van der Waals surface area (Å²) in [7, 11) is 0. The molecule has 4 rings (SSSR count). The standard InChI is InChI=1S/C28H41ClN6O4S/c1-18(32-26(38)39-27(2,3)4)28(5)9-13-34(14-10-28)24-20(17-37)33-22(15-31-24)40-21-8-11-30-25(23(21)29)35-12-6-7-19(35)16-36/h8,11,15,18-19,36-37H,6-7,9-10,12-14,16-17H2,1-5H3,(H,32,38). The molecule has 2 aliphatic heterocycles. The molecule has 0 radical (unpaired) electrons. The minimum Gasteiger partial charge on any atom is -0.444 e. The maximum Gasteiger partial charge on any atom is 0.407 e. The number of aromatic nitrogens is 3. The zero-order valence-electron chi connectivity index (χ0n) is 24.0. The average Bonchev–Trinajstić information content (AvgIpc) is 3.38. The molecule has 2 aromatic heterocycles. The van der Waals surface area contributed by atoms with Crippen molar-refractivity contribution in [3.8, 4) is 0 Å². The summed E-state index contributed by atoms with van der Waals surface area (Å²) in [6, 6.07) is 1.80. The van der Waals surface area contributed by atoms with Crippen LogP contribution in [-0.4, -0.2) is 75.2 Å². The number of alkyl carbamates (subject to hydrolysis) is 1. The number of nitrogens with one attached hydrogen (secondary N) is 1. The molecule has 2 aliphatic rings. The fraction of sp³-hybridized carbons (Fsp3) is 0.643. The molecule has 220 valence electrons. The summed E-state index contributed by atoms with van der Waals surface area (Å²) < 4.78 is 5.44. The van der Waals surface area contributed by atoms with Crippen molar-refractivity contribution in [3.63, 3.8) is 0 Å². The van der Waals surface area contributed by atoms with Crippen LogP contribution in [0.2, 0.25) is 5.02 Å². The fourth-order valence-corrected chi connectivity index (χ4v) is 6.39. The molecule has 0 aromatic carbocycles. The minimum atomic E-state index is -0.542. The summed E-state index contributed by atoms with van der Waals surface area (Å²) in [5.74, 6) is 1.34. The lowest BCUT2D eigenvalue weighted by atomic mass is 9.74. The molecule has 3 N–H and O–H groups in total. The molecule has 4 heterocycles. The maximum atomic E-state index is 12.3. The largest absolute Gasteiger partial charge is 0.444 e. The second-order valence-electron chi connectivity index (χ2n) is 11.9. The highest BCUT2D eigenvalue weighted by molar-refractivity contribution is 7.99. The van der Waals surface area contributed by atoms with Crippen LogP contribution in [-0.2, 0) is 11.3 Å².